The van der Waals surface area contributed by atoms with Crippen LogP contribution in [-0.4, -0.2) is 14.1 Å². The van der Waals surface area contributed by atoms with Crippen molar-refractivity contribution in [1.82, 2.24) is 14.1 Å². The molecule has 6 heteroatoms. The third-order valence-electron chi connectivity index (χ3n) is 16.3. The quantitative estimate of drug-likeness (QED) is 0.123. The van der Waals surface area contributed by atoms with Gasteiger partial charge in [0.1, 0.15) is 5.82 Å². The van der Waals surface area contributed by atoms with Crippen LogP contribution in [0.1, 0.15) is 51.3 Å². The molecular formula is C73H52N4OPt-2. The van der Waals surface area contributed by atoms with Crippen LogP contribution in [0.5, 0.6) is 11.5 Å². The van der Waals surface area contributed by atoms with Gasteiger partial charge in [0.05, 0.1) is 16.7 Å². The predicted molar refractivity (Wildman–Crippen MR) is 317 cm³/mol. The standard InChI is InChI=1S/C73H52N4O.Pt/c1-72(2,3)48-38-39-74-68(42-48)77-65-34-16-14-29-58(65)59-37-36-51(44-67(59)77)78-50-23-17-22-49(43-50)75-45-76-70-52(47-40-62(46-20-7-6-8-21-46)69-63(41-47)57-28-13-15-33-64(57)73(69,4)5)30-18-31-60(70)55-26-11-9-24-53(55)54-25-10-12-27-56(54)61-32-19-35-66(75)71(61)76;/h6-42H,1-5H3;/q-2;. The van der Waals surface area contributed by atoms with Gasteiger partial charge in [0.25, 0.3) is 6.33 Å². The van der Waals surface area contributed by atoms with Gasteiger partial charge >= 0.3 is 0 Å². The zero-order valence-corrected chi connectivity index (χ0v) is 46.6. The van der Waals surface area contributed by atoms with E-state index in [1.54, 1.807) is 0 Å². The molecule has 0 fully saturated rings. The molecule has 0 N–H and O–H groups in total. The van der Waals surface area contributed by atoms with Crippen LogP contribution in [0, 0.1) is 18.5 Å². The van der Waals surface area contributed by atoms with E-state index in [0.29, 0.717) is 11.5 Å². The number of fused-ring (bicyclic) bond motifs is 13. The first-order valence-corrected chi connectivity index (χ1v) is 26.9. The summed E-state index contributed by atoms with van der Waals surface area (Å²) < 4.78 is 13.5. The summed E-state index contributed by atoms with van der Waals surface area (Å²) in [6, 6.07) is 86.3. The summed E-state index contributed by atoms with van der Waals surface area (Å²) in [4.78, 5) is 4.91. The zero-order valence-electron chi connectivity index (χ0n) is 44.4. The van der Waals surface area contributed by atoms with Crippen molar-refractivity contribution in [2.24, 2.45) is 0 Å². The molecule has 0 spiro atoms. The maximum atomic E-state index is 6.81. The molecule has 0 bridgehead atoms. The summed E-state index contributed by atoms with van der Waals surface area (Å²) in [6.07, 6.45) is 5.90. The normalized spacial score (nSPS) is 12.9. The van der Waals surface area contributed by atoms with Crippen molar-refractivity contribution >= 4 is 32.8 Å². The Morgan fingerprint density at radius 2 is 1.10 bits per heavy atom. The third kappa shape index (κ3) is 7.62. The summed E-state index contributed by atoms with van der Waals surface area (Å²) in [5, 5.41) is 2.21. The molecule has 3 aromatic heterocycles. The van der Waals surface area contributed by atoms with E-state index in [1.165, 1.54) is 50.1 Å². The Balaban J connectivity index is 0.00000564. The largest absolute Gasteiger partial charge is 0.510 e. The number of nitrogens with zero attached hydrogens (tertiary/aromatic N) is 4. The number of hydrogen-bond donors (Lipinski definition) is 0. The number of ether oxygens (including phenoxy) is 1. The van der Waals surface area contributed by atoms with Gasteiger partial charge in [-0.15, -0.1) is 29.7 Å². The van der Waals surface area contributed by atoms with E-state index in [4.69, 9.17) is 9.72 Å². The van der Waals surface area contributed by atoms with Crippen LogP contribution in [-0.2, 0) is 31.9 Å². The van der Waals surface area contributed by atoms with Crippen molar-refractivity contribution in [2.45, 2.75) is 45.4 Å². The third-order valence-corrected chi connectivity index (χ3v) is 16.3. The number of pyridine rings is 1. The van der Waals surface area contributed by atoms with Crippen molar-refractivity contribution < 1.29 is 30.4 Å². The van der Waals surface area contributed by atoms with Crippen LogP contribution in [0.3, 0.4) is 0 Å². The summed E-state index contributed by atoms with van der Waals surface area (Å²) in [6.45, 7) is 11.4. The smallest absolute Gasteiger partial charge is 0.268 e. The predicted octanol–water partition coefficient (Wildman–Crippen LogP) is 17.8. The molecule has 382 valence electrons. The Hall–Kier alpha value is -8.89. The first kappa shape index (κ1) is 48.5. The Kier molecular flexibility index (Phi) is 11.3. The van der Waals surface area contributed by atoms with E-state index in [0.717, 1.165) is 83.4 Å². The van der Waals surface area contributed by atoms with Gasteiger partial charge < -0.3 is 13.9 Å². The van der Waals surface area contributed by atoms with Crippen molar-refractivity contribution in [3.63, 3.8) is 0 Å². The SMILES string of the molecule is CC(C)(C)c1ccnc(-n2c3[c-]c(Oc4[c-]c(-n5[c-][n+]6c7c(cccc75)-c5ccccc5-c5ccccc5-c5cccc(-c7cc(-c8ccccc8)c8c(c7)-c7ccccc7C8(C)C)c5-6)ccc4)ccc3c3ccccc32)c1.[Pt]. The van der Waals surface area contributed by atoms with Gasteiger partial charge in [0.15, 0.2) is 0 Å². The minimum absolute atomic E-state index is 0. The number of aromatic nitrogens is 4. The fourth-order valence-corrected chi connectivity index (χ4v) is 12.7. The first-order valence-electron chi connectivity index (χ1n) is 26.9. The second kappa shape index (κ2) is 18.4. The number of hydrogen-bond acceptors (Lipinski definition) is 2. The molecule has 4 heterocycles. The van der Waals surface area contributed by atoms with E-state index in [1.807, 2.05) is 24.4 Å². The van der Waals surface area contributed by atoms with E-state index >= 15 is 0 Å². The molecule has 0 atom stereocenters. The fourth-order valence-electron chi connectivity index (χ4n) is 12.7. The average molecular weight is 1200 g/mol. The van der Waals surface area contributed by atoms with Gasteiger partial charge in [0, 0.05) is 49.7 Å². The maximum absolute atomic E-state index is 6.81. The molecule has 15 rings (SSSR count). The Bertz CT molecular complexity index is 4610. The van der Waals surface area contributed by atoms with Crippen LogP contribution >= 0.6 is 0 Å². The number of rotatable bonds is 6. The van der Waals surface area contributed by atoms with Crippen molar-refractivity contribution in [3.05, 3.63) is 260 Å². The molecule has 0 unspecified atom stereocenters. The molecule has 13 aromatic rings. The Labute approximate surface area is 475 Å². The van der Waals surface area contributed by atoms with E-state index in [-0.39, 0.29) is 31.9 Å². The molecule has 0 amide bonds. The molecule has 1 aliphatic carbocycles. The van der Waals surface area contributed by atoms with Crippen molar-refractivity contribution in [2.75, 3.05) is 0 Å². The van der Waals surface area contributed by atoms with Crippen LogP contribution in [0.4, 0.5) is 0 Å². The van der Waals surface area contributed by atoms with Crippen LogP contribution in [0.25, 0.3) is 117 Å². The zero-order chi connectivity index (χ0) is 52.4. The van der Waals surface area contributed by atoms with Gasteiger partial charge in [-0.25, -0.2) is 4.98 Å². The molecule has 0 saturated heterocycles. The molecule has 0 radical (unpaired) electrons. The van der Waals surface area contributed by atoms with Gasteiger partial charge in [0.2, 0.25) is 0 Å². The molecule has 2 aliphatic rings. The minimum atomic E-state index is -0.204. The summed E-state index contributed by atoms with van der Waals surface area (Å²) in [5.41, 5.74) is 23.6. The van der Waals surface area contributed by atoms with Crippen LogP contribution in [0.2, 0.25) is 0 Å². The second-order valence-corrected chi connectivity index (χ2v) is 22.3. The Morgan fingerprint density at radius 1 is 0.494 bits per heavy atom. The minimum Gasteiger partial charge on any atom is -0.510 e. The number of benzene rings is 10. The number of imidazole rings is 1. The topological polar surface area (TPSA) is 35.9 Å². The fraction of sp³-hybridized carbons (Fsp3) is 0.0959. The van der Waals surface area contributed by atoms with Gasteiger partial charge in [-0.1, -0.05) is 198 Å². The summed E-state index contributed by atoms with van der Waals surface area (Å²) >= 11 is 0. The number of para-hydroxylation sites is 3. The van der Waals surface area contributed by atoms with Crippen molar-refractivity contribution in [3.8, 4) is 95.5 Å². The summed E-state index contributed by atoms with van der Waals surface area (Å²) in [5.74, 6) is 1.99. The summed E-state index contributed by atoms with van der Waals surface area (Å²) in [7, 11) is 0. The monoisotopic (exact) mass is 1200 g/mol. The van der Waals surface area contributed by atoms with Gasteiger partial charge in [-0.2, -0.15) is 18.2 Å². The average Bonchev–Trinajstić information content (AvgIpc) is 4.33. The maximum Gasteiger partial charge on any atom is 0.268 e. The molecular weight excluding hydrogens is 1140 g/mol. The van der Waals surface area contributed by atoms with E-state index in [2.05, 4.69) is 267 Å². The van der Waals surface area contributed by atoms with Crippen LogP contribution in [0.15, 0.2) is 225 Å². The molecule has 1 aliphatic heterocycles. The van der Waals surface area contributed by atoms with Gasteiger partial charge in [-0.05, 0) is 130 Å². The molecule has 5 nitrogen and oxygen atoms in total. The van der Waals surface area contributed by atoms with Crippen molar-refractivity contribution in [1.29, 1.82) is 0 Å². The van der Waals surface area contributed by atoms with Crippen LogP contribution < -0.4 is 9.30 Å². The Morgan fingerprint density at radius 3 is 1.89 bits per heavy atom. The molecule has 10 aromatic carbocycles. The second-order valence-electron chi connectivity index (χ2n) is 22.3. The van der Waals surface area contributed by atoms with E-state index < -0.39 is 0 Å². The van der Waals surface area contributed by atoms with Gasteiger partial charge in [-0.3, -0.25) is 4.57 Å². The first-order chi connectivity index (χ1) is 38.1. The van der Waals surface area contributed by atoms with E-state index in [9.17, 15) is 0 Å². The molecule has 0 saturated carbocycles. The molecule has 79 heavy (non-hydrogen) atoms.